The number of ether oxygens (including phenoxy) is 1. The minimum atomic E-state index is -4.51. The van der Waals surface area contributed by atoms with Crippen LogP contribution in [0.2, 0.25) is 0 Å². The molecule has 1 aliphatic rings. The molecule has 1 aliphatic carbocycles. The van der Waals surface area contributed by atoms with Crippen molar-refractivity contribution in [3.05, 3.63) is 35.4 Å². The third-order valence-electron chi connectivity index (χ3n) is 3.96. The summed E-state index contributed by atoms with van der Waals surface area (Å²) in [4.78, 5) is 11.4. The lowest BCUT2D eigenvalue weighted by Gasteiger charge is -2.26. The predicted octanol–water partition coefficient (Wildman–Crippen LogP) is 4.44. The Morgan fingerprint density at radius 3 is 2.21 bits per heavy atom. The molecule has 24 heavy (non-hydrogen) atoms. The molecular weight excluding hydrogens is 341 g/mol. The van der Waals surface area contributed by atoms with E-state index < -0.39 is 31.1 Å². The van der Waals surface area contributed by atoms with E-state index in [0.29, 0.717) is 11.1 Å². The number of carbonyl (C=O) groups is 1. The van der Waals surface area contributed by atoms with Gasteiger partial charge in [0.2, 0.25) is 0 Å². The van der Waals surface area contributed by atoms with Crippen molar-refractivity contribution in [1.29, 1.82) is 0 Å². The fourth-order valence-corrected chi connectivity index (χ4v) is 4.47. The van der Waals surface area contributed by atoms with Gasteiger partial charge in [0.15, 0.2) is 0 Å². The Hall–Kier alpha value is -1.30. The van der Waals surface area contributed by atoms with Gasteiger partial charge in [0.05, 0.1) is 25.9 Å². The zero-order valence-corrected chi connectivity index (χ0v) is 14.7. The van der Waals surface area contributed by atoms with Crippen LogP contribution >= 0.6 is 7.60 Å². The summed E-state index contributed by atoms with van der Waals surface area (Å²) in [6.07, 6.45) is 0.189. The van der Waals surface area contributed by atoms with Crippen LogP contribution in [0.15, 0.2) is 24.3 Å². The van der Waals surface area contributed by atoms with Crippen molar-refractivity contribution in [3.63, 3.8) is 0 Å². The Balaban J connectivity index is 2.15. The molecule has 134 valence electrons. The number of hydrogen-bond acceptors (Lipinski definition) is 5. The highest BCUT2D eigenvalue weighted by Gasteiger charge is 2.66. The standard InChI is InChI=1S/C16H21F2O5P/c1-4-22-24(20,23-5-2)16(17,18)14-10-13(14)11-6-8-12(9-7-11)15(19)21-3/h6-9,13-14H,4-5,10H2,1-3H3/t13-,14+/m0/s1. The number of hydrogen-bond donors (Lipinski definition) is 0. The molecule has 0 radical (unpaired) electrons. The summed E-state index contributed by atoms with van der Waals surface area (Å²) in [6, 6.07) is 6.28. The Morgan fingerprint density at radius 1 is 1.21 bits per heavy atom. The second-order valence-electron chi connectivity index (χ2n) is 5.48. The van der Waals surface area contributed by atoms with E-state index in [1.54, 1.807) is 12.1 Å². The summed E-state index contributed by atoms with van der Waals surface area (Å²) in [5.74, 6) is -2.04. The van der Waals surface area contributed by atoms with Gasteiger partial charge in [-0.3, -0.25) is 4.57 Å². The minimum Gasteiger partial charge on any atom is -0.465 e. The molecule has 8 heteroatoms. The van der Waals surface area contributed by atoms with E-state index in [-0.39, 0.29) is 19.6 Å². The minimum absolute atomic E-state index is 0.113. The molecule has 0 bridgehead atoms. The highest BCUT2D eigenvalue weighted by Crippen LogP contribution is 2.72. The molecule has 5 nitrogen and oxygen atoms in total. The number of alkyl halides is 2. The molecule has 1 aromatic rings. The first-order chi connectivity index (χ1) is 11.3. The Morgan fingerprint density at radius 2 is 1.75 bits per heavy atom. The van der Waals surface area contributed by atoms with E-state index in [9.17, 15) is 18.1 Å². The zero-order chi connectivity index (χ0) is 18.0. The van der Waals surface area contributed by atoms with Crippen molar-refractivity contribution >= 4 is 13.6 Å². The van der Waals surface area contributed by atoms with E-state index >= 15 is 0 Å². The van der Waals surface area contributed by atoms with Gasteiger partial charge in [-0.05, 0) is 43.9 Å². The van der Waals surface area contributed by atoms with Crippen LogP contribution in [-0.4, -0.2) is 32.0 Å². The summed E-state index contributed by atoms with van der Waals surface area (Å²) >= 11 is 0. The lowest BCUT2D eigenvalue weighted by atomic mass is 10.1. The molecule has 0 saturated heterocycles. The predicted molar refractivity (Wildman–Crippen MR) is 84.4 cm³/mol. The molecule has 0 spiro atoms. The molecule has 2 atom stereocenters. The fraction of sp³-hybridized carbons (Fsp3) is 0.562. The number of halogens is 2. The van der Waals surface area contributed by atoms with Crippen LogP contribution in [-0.2, 0) is 18.3 Å². The SMILES string of the molecule is CCOP(=O)(OCC)C(F)(F)[C@@H]1C[C@H]1c1ccc(C(=O)OC)cc1. The van der Waals surface area contributed by atoms with Gasteiger partial charge >= 0.3 is 19.2 Å². The maximum Gasteiger partial charge on any atom is 0.399 e. The largest absolute Gasteiger partial charge is 0.465 e. The summed E-state index contributed by atoms with van der Waals surface area (Å²) in [7, 11) is -3.24. The van der Waals surface area contributed by atoms with Crippen LogP contribution in [0.5, 0.6) is 0 Å². The van der Waals surface area contributed by atoms with Crippen molar-refractivity contribution in [1.82, 2.24) is 0 Å². The normalized spacial score (nSPS) is 20.7. The second kappa shape index (κ2) is 7.30. The first-order valence-corrected chi connectivity index (χ1v) is 9.30. The molecule has 1 fully saturated rings. The molecule has 0 aromatic heterocycles. The van der Waals surface area contributed by atoms with Gasteiger partial charge in [-0.1, -0.05) is 12.1 Å². The maximum absolute atomic E-state index is 14.6. The second-order valence-corrected chi connectivity index (χ2v) is 7.59. The topological polar surface area (TPSA) is 61.8 Å². The van der Waals surface area contributed by atoms with E-state index in [2.05, 4.69) is 4.74 Å². The fourth-order valence-electron chi connectivity index (χ4n) is 2.68. The lowest BCUT2D eigenvalue weighted by molar-refractivity contribution is 0.0181. The number of rotatable bonds is 8. The Kier molecular flexibility index (Phi) is 5.78. The third kappa shape index (κ3) is 3.53. The van der Waals surface area contributed by atoms with E-state index in [1.165, 1.54) is 33.1 Å². The molecular formula is C16H21F2O5P. The highest BCUT2D eigenvalue weighted by molar-refractivity contribution is 7.55. The Labute approximate surface area is 139 Å². The average Bonchev–Trinajstić information content (AvgIpc) is 3.36. The molecule has 0 heterocycles. The molecule has 0 aliphatic heterocycles. The Bertz CT molecular complexity index is 622. The van der Waals surface area contributed by atoms with Gasteiger partial charge in [0, 0.05) is 5.92 Å². The van der Waals surface area contributed by atoms with Crippen LogP contribution in [0.4, 0.5) is 8.78 Å². The molecule has 2 rings (SSSR count). The van der Waals surface area contributed by atoms with Gasteiger partial charge in [-0.25, -0.2) is 4.79 Å². The molecule has 0 N–H and O–H groups in total. The van der Waals surface area contributed by atoms with Crippen LogP contribution in [0.1, 0.15) is 42.1 Å². The first-order valence-electron chi connectivity index (χ1n) is 7.76. The monoisotopic (exact) mass is 362 g/mol. The maximum atomic E-state index is 14.6. The van der Waals surface area contributed by atoms with Crippen molar-refractivity contribution in [2.75, 3.05) is 20.3 Å². The quantitative estimate of drug-likeness (QED) is 0.506. The van der Waals surface area contributed by atoms with Gasteiger partial charge in [-0.15, -0.1) is 0 Å². The van der Waals surface area contributed by atoms with Gasteiger partial charge in [0.1, 0.15) is 0 Å². The molecule has 0 amide bonds. The van der Waals surface area contributed by atoms with E-state index in [4.69, 9.17) is 9.05 Å². The smallest absolute Gasteiger partial charge is 0.399 e. The number of benzene rings is 1. The summed E-state index contributed by atoms with van der Waals surface area (Å²) in [6.45, 7) is 2.77. The molecule has 1 aromatic carbocycles. The first kappa shape index (κ1) is 19.0. The number of methoxy groups -OCH3 is 1. The van der Waals surface area contributed by atoms with Crippen LogP contribution in [0.25, 0.3) is 0 Å². The van der Waals surface area contributed by atoms with E-state index in [0.717, 1.165) is 0 Å². The molecule has 1 saturated carbocycles. The number of esters is 1. The molecule has 0 unspecified atom stereocenters. The van der Waals surface area contributed by atoms with Crippen molar-refractivity contribution in [2.24, 2.45) is 5.92 Å². The van der Waals surface area contributed by atoms with Gasteiger partial charge < -0.3 is 13.8 Å². The van der Waals surface area contributed by atoms with Crippen molar-refractivity contribution in [3.8, 4) is 0 Å². The van der Waals surface area contributed by atoms with Gasteiger partial charge in [0.25, 0.3) is 0 Å². The summed E-state index contributed by atoms with van der Waals surface area (Å²) in [5, 5.41) is 0. The van der Waals surface area contributed by atoms with Crippen LogP contribution < -0.4 is 0 Å². The number of carbonyl (C=O) groups excluding carboxylic acids is 1. The van der Waals surface area contributed by atoms with Gasteiger partial charge in [-0.2, -0.15) is 8.78 Å². The van der Waals surface area contributed by atoms with E-state index in [1.807, 2.05) is 0 Å². The van der Waals surface area contributed by atoms with Crippen molar-refractivity contribution in [2.45, 2.75) is 31.8 Å². The third-order valence-corrected chi connectivity index (χ3v) is 6.22. The van der Waals surface area contributed by atoms with Crippen molar-refractivity contribution < 1.29 is 31.9 Å². The lowest BCUT2D eigenvalue weighted by Crippen LogP contribution is -2.23. The average molecular weight is 362 g/mol. The zero-order valence-electron chi connectivity index (χ0n) is 13.8. The summed E-state index contributed by atoms with van der Waals surface area (Å²) < 4.78 is 55.9. The van der Waals surface area contributed by atoms with Crippen LogP contribution in [0, 0.1) is 5.92 Å². The van der Waals surface area contributed by atoms with Crippen LogP contribution in [0.3, 0.4) is 0 Å². The highest BCUT2D eigenvalue weighted by atomic mass is 31.2. The summed E-state index contributed by atoms with van der Waals surface area (Å²) in [5.41, 5.74) is -2.54.